The second kappa shape index (κ2) is 10.1. The topological polar surface area (TPSA) is 51.6 Å². The molecule has 8 heteroatoms. The molecule has 1 heterocycles. The summed E-state index contributed by atoms with van der Waals surface area (Å²) in [5.41, 5.74) is -2.67. The lowest BCUT2D eigenvalue weighted by Crippen LogP contribution is -2.44. The molecule has 0 bridgehead atoms. The number of alkyl halides is 3. The molecule has 31 heavy (non-hydrogen) atoms. The maximum absolute atomic E-state index is 13.7. The van der Waals surface area contributed by atoms with Crippen LogP contribution >= 0.6 is 11.8 Å². The number of thioether (sulfide) groups is 1. The summed E-state index contributed by atoms with van der Waals surface area (Å²) in [6, 6.07) is 19.5. The zero-order chi connectivity index (χ0) is 22.3. The molecule has 3 aromatic rings. The van der Waals surface area contributed by atoms with E-state index in [1.165, 1.54) is 24.3 Å². The van der Waals surface area contributed by atoms with Gasteiger partial charge in [-0.3, -0.25) is 0 Å². The van der Waals surface area contributed by atoms with Crippen LogP contribution in [0.1, 0.15) is 18.2 Å². The van der Waals surface area contributed by atoms with Crippen LogP contribution in [-0.4, -0.2) is 28.6 Å². The van der Waals surface area contributed by atoms with Crippen LogP contribution in [0.15, 0.2) is 72.8 Å². The van der Waals surface area contributed by atoms with Crippen molar-refractivity contribution in [2.75, 3.05) is 12.4 Å². The highest BCUT2D eigenvalue weighted by molar-refractivity contribution is 7.98. The van der Waals surface area contributed by atoms with Gasteiger partial charge in [-0.25, -0.2) is 4.98 Å². The molecule has 0 fully saturated rings. The minimum atomic E-state index is -4.83. The van der Waals surface area contributed by atoms with Gasteiger partial charge in [0.1, 0.15) is 11.5 Å². The first-order valence-electron chi connectivity index (χ1n) is 9.61. The maximum atomic E-state index is 13.7. The predicted octanol–water partition coefficient (Wildman–Crippen LogP) is 5.96. The van der Waals surface area contributed by atoms with Crippen molar-refractivity contribution in [3.05, 3.63) is 84.1 Å². The van der Waals surface area contributed by atoms with Crippen molar-refractivity contribution < 1.29 is 27.8 Å². The summed E-state index contributed by atoms with van der Waals surface area (Å²) in [7, 11) is 0. The molecular weight excluding hydrogens is 427 g/mol. The van der Waals surface area contributed by atoms with Crippen molar-refractivity contribution in [3.8, 4) is 17.4 Å². The van der Waals surface area contributed by atoms with Crippen molar-refractivity contribution in [3.63, 3.8) is 0 Å². The SMILES string of the molecule is CCOc1ccc(C(O)(CSCc2cccc(Oc3ccccc3)n2)C(F)(F)F)cc1. The van der Waals surface area contributed by atoms with E-state index in [-0.39, 0.29) is 11.3 Å². The Morgan fingerprint density at radius 3 is 2.26 bits per heavy atom. The molecule has 1 atom stereocenters. The van der Waals surface area contributed by atoms with Gasteiger partial charge in [0, 0.05) is 17.6 Å². The van der Waals surface area contributed by atoms with Crippen LogP contribution in [0, 0.1) is 0 Å². The number of hydrogen-bond donors (Lipinski definition) is 1. The second-order valence-electron chi connectivity index (χ2n) is 6.69. The van der Waals surface area contributed by atoms with Gasteiger partial charge in [-0.1, -0.05) is 36.4 Å². The molecule has 1 unspecified atom stereocenters. The molecule has 1 aromatic heterocycles. The minimum absolute atomic E-state index is 0.182. The third-order valence-corrected chi connectivity index (χ3v) is 5.54. The Morgan fingerprint density at radius 2 is 1.61 bits per heavy atom. The fourth-order valence-corrected chi connectivity index (χ4v) is 3.93. The van der Waals surface area contributed by atoms with E-state index >= 15 is 0 Å². The third kappa shape index (κ3) is 5.92. The van der Waals surface area contributed by atoms with E-state index in [1.54, 1.807) is 37.3 Å². The van der Waals surface area contributed by atoms with Crippen molar-refractivity contribution in [2.24, 2.45) is 0 Å². The van der Waals surface area contributed by atoms with Gasteiger partial charge in [0.2, 0.25) is 5.88 Å². The Morgan fingerprint density at radius 1 is 0.903 bits per heavy atom. The van der Waals surface area contributed by atoms with Crippen molar-refractivity contribution in [1.29, 1.82) is 0 Å². The lowest BCUT2D eigenvalue weighted by molar-refractivity contribution is -0.256. The standard InChI is InChI=1S/C23H22F3NO3S/c1-2-29-19-13-11-17(12-14-19)22(28,23(24,25)26)16-31-15-18-7-6-10-21(27-18)30-20-8-4-3-5-9-20/h3-14,28H,2,15-16H2,1H3. The molecule has 0 aliphatic rings. The largest absolute Gasteiger partial charge is 0.494 e. The summed E-state index contributed by atoms with van der Waals surface area (Å²) in [5.74, 6) is 1.02. The van der Waals surface area contributed by atoms with Gasteiger partial charge in [-0.2, -0.15) is 24.9 Å². The average molecular weight is 449 g/mol. The number of aromatic nitrogens is 1. The fourth-order valence-electron chi connectivity index (χ4n) is 2.83. The third-order valence-electron chi connectivity index (χ3n) is 4.42. The number of rotatable bonds is 9. The molecule has 0 amide bonds. The van der Waals surface area contributed by atoms with Gasteiger partial charge in [0.25, 0.3) is 0 Å². The van der Waals surface area contributed by atoms with Crippen LogP contribution in [0.2, 0.25) is 0 Å². The molecule has 4 nitrogen and oxygen atoms in total. The summed E-state index contributed by atoms with van der Waals surface area (Å²) in [6.07, 6.45) is -4.83. The van der Waals surface area contributed by atoms with E-state index < -0.39 is 17.5 Å². The summed E-state index contributed by atoms with van der Waals surface area (Å²) < 4.78 is 52.1. The molecule has 0 spiro atoms. The van der Waals surface area contributed by atoms with Gasteiger partial charge in [-0.05, 0) is 42.8 Å². The molecule has 1 N–H and O–H groups in total. The zero-order valence-corrected chi connectivity index (χ0v) is 17.6. The Balaban J connectivity index is 1.68. The van der Waals surface area contributed by atoms with Crippen molar-refractivity contribution >= 4 is 11.8 Å². The van der Waals surface area contributed by atoms with Crippen molar-refractivity contribution in [1.82, 2.24) is 4.98 Å². The first kappa shape index (κ1) is 23.0. The van der Waals surface area contributed by atoms with Crippen LogP contribution in [0.3, 0.4) is 0 Å². The maximum Gasteiger partial charge on any atom is 0.422 e. The molecular formula is C23H22F3NO3S. The Bertz CT molecular complexity index is 968. The Hall–Kier alpha value is -2.71. The molecule has 3 rings (SSSR count). The van der Waals surface area contributed by atoms with Gasteiger partial charge in [-0.15, -0.1) is 0 Å². The number of hydrogen-bond acceptors (Lipinski definition) is 5. The lowest BCUT2D eigenvalue weighted by atomic mass is 9.95. The average Bonchev–Trinajstić information content (AvgIpc) is 2.75. The van der Waals surface area contributed by atoms with Gasteiger partial charge in [0.15, 0.2) is 5.60 Å². The lowest BCUT2D eigenvalue weighted by Gasteiger charge is -2.30. The van der Waals surface area contributed by atoms with E-state index in [0.29, 0.717) is 29.7 Å². The molecule has 0 radical (unpaired) electrons. The number of nitrogens with zero attached hydrogens (tertiary/aromatic N) is 1. The quantitative estimate of drug-likeness (QED) is 0.437. The van der Waals surface area contributed by atoms with Gasteiger partial charge in [0.05, 0.1) is 12.3 Å². The highest BCUT2D eigenvalue weighted by atomic mass is 32.2. The first-order chi connectivity index (χ1) is 14.8. The number of halogens is 3. The predicted molar refractivity (Wildman–Crippen MR) is 114 cm³/mol. The summed E-state index contributed by atoms with van der Waals surface area (Å²) in [4.78, 5) is 4.33. The van der Waals surface area contributed by atoms with E-state index in [1.807, 2.05) is 18.2 Å². The number of ether oxygens (including phenoxy) is 2. The summed E-state index contributed by atoms with van der Waals surface area (Å²) >= 11 is 0.945. The Kier molecular flexibility index (Phi) is 7.46. The molecule has 0 saturated carbocycles. The van der Waals surface area contributed by atoms with E-state index in [9.17, 15) is 18.3 Å². The van der Waals surface area contributed by atoms with E-state index in [0.717, 1.165) is 11.8 Å². The van der Waals surface area contributed by atoms with Crippen LogP contribution in [0.25, 0.3) is 0 Å². The smallest absolute Gasteiger partial charge is 0.422 e. The van der Waals surface area contributed by atoms with Crippen molar-refractivity contribution in [2.45, 2.75) is 24.5 Å². The van der Waals surface area contributed by atoms with Crippen LogP contribution in [-0.2, 0) is 11.4 Å². The Labute approximate surface area is 183 Å². The van der Waals surface area contributed by atoms with Gasteiger partial charge >= 0.3 is 6.18 Å². The highest BCUT2D eigenvalue weighted by Crippen LogP contribution is 2.42. The number of aliphatic hydroxyl groups is 1. The monoisotopic (exact) mass is 449 g/mol. The normalized spacial score (nSPS) is 13.5. The fraction of sp³-hybridized carbons (Fsp3) is 0.261. The zero-order valence-electron chi connectivity index (χ0n) is 16.8. The second-order valence-corrected chi connectivity index (χ2v) is 7.68. The summed E-state index contributed by atoms with van der Waals surface area (Å²) in [6.45, 7) is 2.18. The van der Waals surface area contributed by atoms with E-state index in [4.69, 9.17) is 9.47 Å². The number of para-hydroxylation sites is 1. The van der Waals surface area contributed by atoms with Crippen LogP contribution in [0.5, 0.6) is 17.4 Å². The summed E-state index contributed by atoms with van der Waals surface area (Å²) in [5, 5.41) is 10.5. The number of pyridine rings is 1. The van der Waals surface area contributed by atoms with Gasteiger partial charge < -0.3 is 14.6 Å². The molecule has 164 valence electrons. The minimum Gasteiger partial charge on any atom is -0.494 e. The number of benzene rings is 2. The van der Waals surface area contributed by atoms with Crippen LogP contribution < -0.4 is 9.47 Å². The van der Waals surface area contributed by atoms with E-state index in [2.05, 4.69) is 4.98 Å². The molecule has 0 aliphatic carbocycles. The first-order valence-corrected chi connectivity index (χ1v) is 10.8. The molecule has 2 aromatic carbocycles. The molecule has 0 saturated heterocycles. The van der Waals surface area contributed by atoms with Crippen LogP contribution in [0.4, 0.5) is 13.2 Å². The highest BCUT2D eigenvalue weighted by Gasteiger charge is 2.54. The molecule has 0 aliphatic heterocycles.